The van der Waals surface area contributed by atoms with Crippen LogP contribution in [0.4, 0.5) is 22.0 Å². The number of aryl methyl sites for hydroxylation is 1. The Morgan fingerprint density at radius 2 is 1.79 bits per heavy atom. The lowest BCUT2D eigenvalue weighted by Gasteiger charge is -2.20. The number of rotatable bonds is 8. The van der Waals surface area contributed by atoms with Crippen molar-refractivity contribution in [3.63, 3.8) is 0 Å². The summed E-state index contributed by atoms with van der Waals surface area (Å²) in [6, 6.07) is 14.1. The van der Waals surface area contributed by atoms with E-state index in [0.717, 1.165) is 22.8 Å². The topological polar surface area (TPSA) is 111 Å². The van der Waals surface area contributed by atoms with Crippen LogP contribution in [0.1, 0.15) is 30.2 Å². The van der Waals surface area contributed by atoms with Crippen molar-refractivity contribution < 1.29 is 4.39 Å². The molecular formula is C23H26FN9S. The smallest absolute Gasteiger partial charge is 0.232 e. The third-order valence-electron chi connectivity index (χ3n) is 5.31. The zero-order chi connectivity index (χ0) is 24.2. The molecule has 0 aliphatic rings. The first-order valence-corrected chi connectivity index (χ1v) is 11.6. The lowest BCUT2D eigenvalue weighted by molar-refractivity contribution is 0.305. The third kappa shape index (κ3) is 5.32. The van der Waals surface area contributed by atoms with Crippen molar-refractivity contribution in [3.05, 3.63) is 71.6 Å². The number of thioether (sulfide) groups is 1. The first-order valence-electron chi connectivity index (χ1n) is 10.7. The van der Waals surface area contributed by atoms with Gasteiger partial charge >= 0.3 is 0 Å². The summed E-state index contributed by atoms with van der Waals surface area (Å²) in [5.74, 6) is 1.84. The zero-order valence-corrected chi connectivity index (χ0v) is 20.2. The van der Waals surface area contributed by atoms with Crippen molar-refractivity contribution in [3.8, 4) is 5.69 Å². The maximum absolute atomic E-state index is 13.5. The van der Waals surface area contributed by atoms with Crippen LogP contribution in [0.5, 0.6) is 0 Å². The SMILES string of the molecule is Cc1ccccc1Nc1nc(N)nc(CSc2nnc([C@@H](C)N(C)C)n2-c2ccc(F)cc2)n1. The van der Waals surface area contributed by atoms with Gasteiger partial charge in [0.15, 0.2) is 11.0 Å². The van der Waals surface area contributed by atoms with Crippen LogP contribution in [0, 0.1) is 12.7 Å². The normalized spacial score (nSPS) is 12.2. The van der Waals surface area contributed by atoms with E-state index in [4.69, 9.17) is 5.73 Å². The highest BCUT2D eigenvalue weighted by atomic mass is 32.2. The lowest BCUT2D eigenvalue weighted by Crippen LogP contribution is -2.20. The van der Waals surface area contributed by atoms with E-state index in [1.165, 1.54) is 23.9 Å². The fourth-order valence-electron chi connectivity index (χ4n) is 3.23. The summed E-state index contributed by atoms with van der Waals surface area (Å²) in [6.07, 6.45) is 0. The Morgan fingerprint density at radius 3 is 2.50 bits per heavy atom. The number of nitrogens with zero attached hydrogens (tertiary/aromatic N) is 7. The summed E-state index contributed by atoms with van der Waals surface area (Å²) in [6.45, 7) is 4.03. The number of para-hydroxylation sites is 1. The molecule has 0 fully saturated rings. The molecule has 176 valence electrons. The summed E-state index contributed by atoms with van der Waals surface area (Å²) >= 11 is 1.42. The molecule has 4 aromatic rings. The van der Waals surface area contributed by atoms with Crippen molar-refractivity contribution in [2.24, 2.45) is 0 Å². The number of halogens is 1. The number of nitrogens with two attached hydrogens (primary N) is 1. The minimum Gasteiger partial charge on any atom is -0.368 e. The van der Waals surface area contributed by atoms with E-state index in [-0.39, 0.29) is 17.8 Å². The van der Waals surface area contributed by atoms with Crippen LogP contribution in [0.3, 0.4) is 0 Å². The molecule has 11 heteroatoms. The average molecular weight is 480 g/mol. The Bertz CT molecular complexity index is 1270. The second kappa shape index (κ2) is 10.1. The molecule has 0 aliphatic carbocycles. The molecule has 0 radical (unpaired) electrons. The molecular weight excluding hydrogens is 453 g/mol. The summed E-state index contributed by atoms with van der Waals surface area (Å²) in [7, 11) is 3.94. The fourth-order valence-corrected chi connectivity index (χ4v) is 4.04. The lowest BCUT2D eigenvalue weighted by atomic mass is 10.2. The average Bonchev–Trinajstić information content (AvgIpc) is 3.22. The van der Waals surface area contributed by atoms with Gasteiger partial charge in [-0.25, -0.2) is 4.39 Å². The van der Waals surface area contributed by atoms with Crippen LogP contribution in [-0.4, -0.2) is 48.7 Å². The molecule has 0 spiro atoms. The first-order chi connectivity index (χ1) is 16.3. The second-order valence-corrected chi connectivity index (χ2v) is 8.90. The largest absolute Gasteiger partial charge is 0.368 e. The van der Waals surface area contributed by atoms with E-state index in [2.05, 4.69) is 30.5 Å². The molecule has 0 unspecified atom stereocenters. The van der Waals surface area contributed by atoms with Gasteiger partial charge in [-0.05, 0) is 63.8 Å². The van der Waals surface area contributed by atoms with Crippen LogP contribution in [-0.2, 0) is 5.75 Å². The summed E-state index contributed by atoms with van der Waals surface area (Å²) < 4.78 is 15.5. The Kier molecular flexibility index (Phi) is 7.03. The molecule has 0 aliphatic heterocycles. The number of nitrogen functional groups attached to an aromatic ring is 1. The number of anilines is 3. The summed E-state index contributed by atoms with van der Waals surface area (Å²) in [5.41, 5.74) is 8.68. The van der Waals surface area contributed by atoms with Gasteiger partial charge in [-0.15, -0.1) is 10.2 Å². The summed E-state index contributed by atoms with van der Waals surface area (Å²) in [5, 5.41) is 12.7. The highest BCUT2D eigenvalue weighted by Gasteiger charge is 2.21. The van der Waals surface area contributed by atoms with Gasteiger partial charge in [0.05, 0.1) is 11.8 Å². The molecule has 2 aromatic heterocycles. The van der Waals surface area contributed by atoms with Crippen LogP contribution >= 0.6 is 11.8 Å². The predicted molar refractivity (Wildman–Crippen MR) is 132 cm³/mol. The zero-order valence-electron chi connectivity index (χ0n) is 19.4. The van der Waals surface area contributed by atoms with Crippen LogP contribution < -0.4 is 11.1 Å². The fraction of sp³-hybridized carbons (Fsp3) is 0.261. The molecule has 0 saturated heterocycles. The Hall–Kier alpha value is -3.57. The number of hydrogen-bond donors (Lipinski definition) is 2. The number of benzene rings is 2. The highest BCUT2D eigenvalue weighted by molar-refractivity contribution is 7.98. The van der Waals surface area contributed by atoms with Gasteiger partial charge in [-0.2, -0.15) is 15.0 Å². The Labute approximate surface area is 201 Å². The van der Waals surface area contributed by atoms with Crippen molar-refractivity contribution in [1.82, 2.24) is 34.6 Å². The maximum atomic E-state index is 13.5. The van der Waals surface area contributed by atoms with E-state index in [0.29, 0.717) is 22.7 Å². The van der Waals surface area contributed by atoms with Crippen molar-refractivity contribution in [2.45, 2.75) is 30.8 Å². The van der Waals surface area contributed by atoms with Gasteiger partial charge in [0.25, 0.3) is 0 Å². The van der Waals surface area contributed by atoms with E-state index >= 15 is 0 Å². The molecule has 2 heterocycles. The van der Waals surface area contributed by atoms with Gasteiger partial charge in [0.1, 0.15) is 11.6 Å². The van der Waals surface area contributed by atoms with Crippen LogP contribution in [0.25, 0.3) is 5.69 Å². The molecule has 34 heavy (non-hydrogen) atoms. The van der Waals surface area contributed by atoms with E-state index in [1.54, 1.807) is 12.1 Å². The third-order valence-corrected chi connectivity index (χ3v) is 6.24. The van der Waals surface area contributed by atoms with Gasteiger partial charge in [-0.3, -0.25) is 9.47 Å². The first kappa shape index (κ1) is 23.6. The monoisotopic (exact) mass is 479 g/mol. The van der Waals surface area contributed by atoms with Gasteiger partial charge in [0, 0.05) is 11.4 Å². The second-order valence-electron chi connectivity index (χ2n) is 7.95. The highest BCUT2D eigenvalue weighted by Crippen LogP contribution is 2.29. The molecule has 0 amide bonds. The quantitative estimate of drug-likeness (QED) is 0.360. The van der Waals surface area contributed by atoms with E-state index in [1.807, 2.05) is 61.7 Å². The Balaban J connectivity index is 1.61. The molecule has 4 rings (SSSR count). The van der Waals surface area contributed by atoms with Crippen molar-refractivity contribution in [2.75, 3.05) is 25.1 Å². The van der Waals surface area contributed by atoms with E-state index < -0.39 is 0 Å². The molecule has 9 nitrogen and oxygen atoms in total. The molecule has 3 N–H and O–H groups in total. The van der Waals surface area contributed by atoms with Crippen LogP contribution in [0.2, 0.25) is 0 Å². The number of hydrogen-bond acceptors (Lipinski definition) is 9. The molecule has 2 aromatic carbocycles. The van der Waals surface area contributed by atoms with Gasteiger partial charge in [-0.1, -0.05) is 30.0 Å². The van der Waals surface area contributed by atoms with Crippen LogP contribution in [0.15, 0.2) is 53.7 Å². The molecule has 0 saturated carbocycles. The standard InChI is InChI=1S/C23H26FN9S/c1-14-7-5-6-8-18(14)26-22-28-19(27-21(25)29-22)13-34-23-31-30-20(15(2)32(3)4)33(23)17-11-9-16(24)10-12-17/h5-12,15H,13H2,1-4H3,(H3,25,26,27,28,29)/t15-/m1/s1. The van der Waals surface area contributed by atoms with Crippen molar-refractivity contribution >= 4 is 29.3 Å². The van der Waals surface area contributed by atoms with E-state index in [9.17, 15) is 4.39 Å². The van der Waals surface area contributed by atoms with Gasteiger partial charge < -0.3 is 11.1 Å². The number of aromatic nitrogens is 6. The molecule has 1 atom stereocenters. The minimum absolute atomic E-state index is 0.00959. The maximum Gasteiger partial charge on any atom is 0.232 e. The van der Waals surface area contributed by atoms with Gasteiger partial charge in [0.2, 0.25) is 11.9 Å². The minimum atomic E-state index is -0.303. The summed E-state index contributed by atoms with van der Waals surface area (Å²) in [4.78, 5) is 15.0. The number of nitrogens with one attached hydrogen (secondary N) is 1. The Morgan fingerprint density at radius 1 is 1.06 bits per heavy atom. The molecule has 0 bridgehead atoms. The predicted octanol–water partition coefficient (Wildman–Crippen LogP) is 4.14. The van der Waals surface area contributed by atoms with Crippen molar-refractivity contribution in [1.29, 1.82) is 0 Å².